The van der Waals surface area contributed by atoms with Crippen LogP contribution in [0.25, 0.3) is 10.6 Å². The summed E-state index contributed by atoms with van der Waals surface area (Å²) in [6, 6.07) is 0. The highest BCUT2D eigenvalue weighted by molar-refractivity contribution is 7.15. The first-order chi connectivity index (χ1) is 7.75. The van der Waals surface area contributed by atoms with Crippen molar-refractivity contribution in [3.05, 3.63) is 22.5 Å². The van der Waals surface area contributed by atoms with E-state index >= 15 is 0 Å². The molecule has 0 saturated carbocycles. The van der Waals surface area contributed by atoms with E-state index in [0.29, 0.717) is 0 Å². The summed E-state index contributed by atoms with van der Waals surface area (Å²) in [5.74, 6) is 0. The number of fused-ring (bicyclic) bond motifs is 1. The Balaban J connectivity index is 2.07. The van der Waals surface area contributed by atoms with Gasteiger partial charge in [0, 0.05) is 37.1 Å². The molecule has 0 bridgehead atoms. The van der Waals surface area contributed by atoms with Crippen LogP contribution in [0, 0.1) is 6.92 Å². The molecule has 5 heteroatoms. The number of aromatic nitrogens is 3. The van der Waals surface area contributed by atoms with Crippen LogP contribution in [0.1, 0.15) is 16.3 Å². The van der Waals surface area contributed by atoms with E-state index in [1.807, 2.05) is 17.9 Å². The molecule has 1 N–H and O–H groups in total. The molecule has 1 aliphatic rings. The maximum Gasteiger partial charge on any atom is 0.127 e. The molecular weight excluding hydrogens is 220 g/mol. The van der Waals surface area contributed by atoms with Crippen molar-refractivity contribution in [3.8, 4) is 10.6 Å². The van der Waals surface area contributed by atoms with Crippen LogP contribution in [-0.4, -0.2) is 21.3 Å². The maximum atomic E-state index is 4.72. The van der Waals surface area contributed by atoms with E-state index in [-0.39, 0.29) is 0 Å². The van der Waals surface area contributed by atoms with Crippen molar-refractivity contribution in [2.45, 2.75) is 19.9 Å². The van der Waals surface area contributed by atoms with Crippen molar-refractivity contribution in [2.75, 3.05) is 6.54 Å². The first-order valence-corrected chi connectivity index (χ1v) is 6.25. The molecule has 0 amide bonds. The molecule has 1 aliphatic heterocycles. The van der Waals surface area contributed by atoms with E-state index in [0.717, 1.165) is 24.5 Å². The third-order valence-electron chi connectivity index (χ3n) is 3.07. The highest BCUT2D eigenvalue weighted by atomic mass is 32.1. The Kier molecular flexibility index (Phi) is 2.29. The van der Waals surface area contributed by atoms with Gasteiger partial charge in [0.05, 0.1) is 17.5 Å². The zero-order valence-corrected chi connectivity index (χ0v) is 10.3. The van der Waals surface area contributed by atoms with Crippen LogP contribution in [0.5, 0.6) is 0 Å². The summed E-state index contributed by atoms with van der Waals surface area (Å²) in [7, 11) is 1.97. The molecule has 0 fully saturated rings. The summed E-state index contributed by atoms with van der Waals surface area (Å²) >= 11 is 1.79. The molecule has 0 saturated heterocycles. The summed E-state index contributed by atoms with van der Waals surface area (Å²) in [5, 5.41) is 8.75. The van der Waals surface area contributed by atoms with Crippen LogP contribution >= 0.6 is 11.3 Å². The monoisotopic (exact) mass is 234 g/mol. The Morgan fingerprint density at radius 1 is 1.50 bits per heavy atom. The summed E-state index contributed by atoms with van der Waals surface area (Å²) in [6.45, 7) is 4.09. The third kappa shape index (κ3) is 1.47. The molecule has 0 aliphatic carbocycles. The van der Waals surface area contributed by atoms with Gasteiger partial charge in [-0.25, -0.2) is 4.98 Å². The fourth-order valence-electron chi connectivity index (χ4n) is 1.95. The first kappa shape index (κ1) is 9.99. The van der Waals surface area contributed by atoms with E-state index in [9.17, 15) is 0 Å². The minimum absolute atomic E-state index is 0.965. The number of hydrogen-bond donors (Lipinski definition) is 1. The standard InChI is InChI=1S/C11H14N4S/c1-7-8(5-13-15(7)2)11-14-9-3-4-12-6-10(9)16-11/h5,12H,3-4,6H2,1-2H3. The number of aryl methyl sites for hydroxylation is 1. The van der Waals surface area contributed by atoms with Crippen LogP contribution in [0.3, 0.4) is 0 Å². The maximum absolute atomic E-state index is 4.72. The summed E-state index contributed by atoms with van der Waals surface area (Å²) in [5.41, 5.74) is 3.61. The quantitative estimate of drug-likeness (QED) is 0.813. The van der Waals surface area contributed by atoms with Crippen molar-refractivity contribution in [1.29, 1.82) is 0 Å². The van der Waals surface area contributed by atoms with Gasteiger partial charge in [0.15, 0.2) is 0 Å². The predicted octanol–water partition coefficient (Wildman–Crippen LogP) is 1.50. The Morgan fingerprint density at radius 2 is 2.38 bits per heavy atom. The van der Waals surface area contributed by atoms with Gasteiger partial charge in [-0.3, -0.25) is 4.68 Å². The van der Waals surface area contributed by atoms with Crippen LogP contribution in [0.15, 0.2) is 6.20 Å². The lowest BCUT2D eigenvalue weighted by Crippen LogP contribution is -2.22. The largest absolute Gasteiger partial charge is 0.311 e. The minimum Gasteiger partial charge on any atom is -0.311 e. The van der Waals surface area contributed by atoms with Gasteiger partial charge in [0.25, 0.3) is 0 Å². The second-order valence-corrected chi connectivity index (χ2v) is 5.17. The average molecular weight is 234 g/mol. The van der Waals surface area contributed by atoms with Gasteiger partial charge in [-0.05, 0) is 6.92 Å². The summed E-state index contributed by atoms with van der Waals surface area (Å²) in [6.07, 6.45) is 2.96. The zero-order valence-electron chi connectivity index (χ0n) is 9.45. The van der Waals surface area contributed by atoms with Crippen molar-refractivity contribution < 1.29 is 0 Å². The SMILES string of the molecule is Cc1c(-c2nc3c(s2)CNCC3)cnn1C. The van der Waals surface area contributed by atoms with Crippen LogP contribution in [0.2, 0.25) is 0 Å². The average Bonchev–Trinajstić information content (AvgIpc) is 2.84. The van der Waals surface area contributed by atoms with E-state index in [1.54, 1.807) is 11.3 Å². The molecule has 2 aromatic heterocycles. The van der Waals surface area contributed by atoms with Crippen molar-refractivity contribution in [3.63, 3.8) is 0 Å². The molecule has 2 aromatic rings. The Labute approximate surface area is 98.3 Å². The van der Waals surface area contributed by atoms with Crippen LogP contribution in [-0.2, 0) is 20.0 Å². The number of nitrogens with one attached hydrogen (secondary N) is 1. The lowest BCUT2D eigenvalue weighted by molar-refractivity contribution is 0.644. The second-order valence-electron chi connectivity index (χ2n) is 4.08. The van der Waals surface area contributed by atoms with Gasteiger partial charge in [-0.2, -0.15) is 5.10 Å². The van der Waals surface area contributed by atoms with Gasteiger partial charge in [-0.15, -0.1) is 11.3 Å². The second kappa shape index (κ2) is 3.68. The molecule has 0 atom stereocenters. The highest BCUT2D eigenvalue weighted by Gasteiger charge is 2.17. The van der Waals surface area contributed by atoms with E-state index in [2.05, 4.69) is 17.3 Å². The molecule has 16 heavy (non-hydrogen) atoms. The molecule has 0 unspecified atom stereocenters. The lowest BCUT2D eigenvalue weighted by atomic mass is 10.2. The van der Waals surface area contributed by atoms with E-state index in [1.165, 1.54) is 21.8 Å². The van der Waals surface area contributed by atoms with Crippen molar-refractivity contribution in [1.82, 2.24) is 20.1 Å². The van der Waals surface area contributed by atoms with Crippen molar-refractivity contribution >= 4 is 11.3 Å². The fraction of sp³-hybridized carbons (Fsp3) is 0.455. The predicted molar refractivity (Wildman–Crippen MR) is 64.5 cm³/mol. The Hall–Kier alpha value is -1.20. The highest BCUT2D eigenvalue weighted by Crippen LogP contribution is 2.31. The Morgan fingerprint density at radius 3 is 3.06 bits per heavy atom. The van der Waals surface area contributed by atoms with Crippen LogP contribution in [0.4, 0.5) is 0 Å². The van der Waals surface area contributed by atoms with Crippen molar-refractivity contribution in [2.24, 2.45) is 7.05 Å². The number of rotatable bonds is 1. The number of nitrogens with zero attached hydrogens (tertiary/aromatic N) is 3. The molecule has 0 spiro atoms. The normalized spacial score (nSPS) is 15.1. The van der Waals surface area contributed by atoms with Crippen LogP contribution < -0.4 is 5.32 Å². The van der Waals surface area contributed by atoms with Gasteiger partial charge in [0.1, 0.15) is 5.01 Å². The van der Waals surface area contributed by atoms with E-state index < -0.39 is 0 Å². The first-order valence-electron chi connectivity index (χ1n) is 5.44. The third-order valence-corrected chi connectivity index (χ3v) is 4.20. The topological polar surface area (TPSA) is 42.7 Å². The molecule has 3 rings (SSSR count). The van der Waals surface area contributed by atoms with Gasteiger partial charge >= 0.3 is 0 Å². The fourth-order valence-corrected chi connectivity index (χ4v) is 3.09. The number of thiazole rings is 1. The molecular formula is C11H14N4S. The number of hydrogen-bond acceptors (Lipinski definition) is 4. The minimum atomic E-state index is 0.965. The Bertz CT molecular complexity index is 503. The smallest absolute Gasteiger partial charge is 0.127 e. The van der Waals surface area contributed by atoms with E-state index in [4.69, 9.17) is 4.98 Å². The lowest BCUT2D eigenvalue weighted by Gasteiger charge is -2.09. The zero-order chi connectivity index (χ0) is 11.1. The summed E-state index contributed by atoms with van der Waals surface area (Å²) in [4.78, 5) is 6.10. The van der Waals surface area contributed by atoms with Gasteiger partial charge in [-0.1, -0.05) is 0 Å². The molecule has 0 radical (unpaired) electrons. The molecule has 4 nitrogen and oxygen atoms in total. The van der Waals surface area contributed by atoms with Gasteiger partial charge in [0.2, 0.25) is 0 Å². The molecule has 3 heterocycles. The van der Waals surface area contributed by atoms with Gasteiger partial charge < -0.3 is 5.32 Å². The molecule has 84 valence electrons. The molecule has 0 aromatic carbocycles. The summed E-state index contributed by atoms with van der Waals surface area (Å²) < 4.78 is 1.90.